The Hall–Kier alpha value is -3.37. The van der Waals surface area contributed by atoms with Crippen LogP contribution in [0.5, 0.6) is 0 Å². The molecule has 206 valence electrons. The van der Waals surface area contributed by atoms with Crippen molar-refractivity contribution in [3.63, 3.8) is 0 Å². The SMILES string of the molecule is CCCCN1NC(C)C(C(=O)OC)=C1Cc1ccc(-c2ccccc2S(=O)(=O)NC(=O)OCC(C)C)cc1. The van der Waals surface area contributed by atoms with Crippen molar-refractivity contribution in [3.8, 4) is 11.1 Å². The van der Waals surface area contributed by atoms with Gasteiger partial charge in [-0.25, -0.2) is 28.2 Å². The second-order valence-corrected chi connectivity index (χ2v) is 11.3. The molecule has 0 bridgehead atoms. The molecule has 1 aliphatic heterocycles. The van der Waals surface area contributed by atoms with Crippen LogP contribution >= 0.6 is 0 Å². The number of esters is 1. The number of hydrogen-bond donors (Lipinski definition) is 2. The van der Waals surface area contributed by atoms with E-state index in [2.05, 4.69) is 12.3 Å². The summed E-state index contributed by atoms with van der Waals surface area (Å²) < 4.78 is 38.0. The van der Waals surface area contributed by atoms with Crippen LogP contribution in [0.1, 0.15) is 46.1 Å². The van der Waals surface area contributed by atoms with Crippen molar-refractivity contribution in [2.45, 2.75) is 57.9 Å². The number of hydrazine groups is 1. The highest BCUT2D eigenvalue weighted by Gasteiger charge is 2.33. The van der Waals surface area contributed by atoms with E-state index in [4.69, 9.17) is 9.47 Å². The summed E-state index contributed by atoms with van der Waals surface area (Å²) in [5.74, 6) is -0.273. The summed E-state index contributed by atoms with van der Waals surface area (Å²) in [7, 11) is -2.77. The summed E-state index contributed by atoms with van der Waals surface area (Å²) in [5.41, 5.74) is 6.93. The second kappa shape index (κ2) is 12.9. The first-order valence-electron chi connectivity index (χ1n) is 12.8. The molecule has 1 heterocycles. The number of carbonyl (C=O) groups excluding carboxylic acids is 2. The van der Waals surface area contributed by atoms with E-state index < -0.39 is 16.1 Å². The maximum Gasteiger partial charge on any atom is 0.421 e. The number of amides is 1. The number of benzene rings is 2. The molecule has 9 nitrogen and oxygen atoms in total. The van der Waals surface area contributed by atoms with Gasteiger partial charge in [-0.05, 0) is 36.5 Å². The predicted molar refractivity (Wildman–Crippen MR) is 145 cm³/mol. The van der Waals surface area contributed by atoms with Crippen molar-refractivity contribution in [1.29, 1.82) is 0 Å². The Morgan fingerprint density at radius 1 is 1.11 bits per heavy atom. The van der Waals surface area contributed by atoms with Crippen LogP contribution < -0.4 is 10.1 Å². The third-order valence-electron chi connectivity index (χ3n) is 6.14. The summed E-state index contributed by atoms with van der Waals surface area (Å²) in [4.78, 5) is 24.5. The summed E-state index contributed by atoms with van der Waals surface area (Å²) in [5, 5.41) is 2.03. The Kier molecular flexibility index (Phi) is 9.93. The van der Waals surface area contributed by atoms with E-state index in [9.17, 15) is 18.0 Å². The molecular weight excluding hydrogens is 506 g/mol. The maximum absolute atomic E-state index is 13.0. The summed E-state index contributed by atoms with van der Waals surface area (Å²) in [6, 6.07) is 13.8. The lowest BCUT2D eigenvalue weighted by Gasteiger charge is -2.23. The lowest BCUT2D eigenvalue weighted by atomic mass is 9.99. The van der Waals surface area contributed by atoms with Gasteiger partial charge in [-0.2, -0.15) is 0 Å². The van der Waals surface area contributed by atoms with Crippen molar-refractivity contribution in [3.05, 3.63) is 65.4 Å². The molecule has 2 N–H and O–H groups in total. The predicted octanol–water partition coefficient (Wildman–Crippen LogP) is 4.40. The van der Waals surface area contributed by atoms with E-state index in [1.807, 2.05) is 54.8 Å². The number of nitrogens with zero attached hydrogens (tertiary/aromatic N) is 1. The van der Waals surface area contributed by atoms with E-state index in [0.717, 1.165) is 30.6 Å². The molecule has 0 saturated heterocycles. The Bertz CT molecular complexity index is 1270. The van der Waals surface area contributed by atoms with Gasteiger partial charge in [-0.3, -0.25) is 0 Å². The van der Waals surface area contributed by atoms with Crippen molar-refractivity contribution >= 4 is 22.1 Å². The van der Waals surface area contributed by atoms with Gasteiger partial charge in [0.2, 0.25) is 0 Å². The van der Waals surface area contributed by atoms with Gasteiger partial charge in [-0.1, -0.05) is 69.7 Å². The topological polar surface area (TPSA) is 114 Å². The zero-order valence-electron chi connectivity index (χ0n) is 22.6. The Morgan fingerprint density at radius 2 is 1.79 bits per heavy atom. The molecule has 3 rings (SSSR count). The molecule has 0 fully saturated rings. The molecule has 10 heteroatoms. The van der Waals surface area contributed by atoms with E-state index in [1.54, 1.807) is 18.2 Å². The van der Waals surface area contributed by atoms with Crippen molar-refractivity contribution in [1.82, 2.24) is 15.2 Å². The molecule has 1 amide bonds. The van der Waals surface area contributed by atoms with Gasteiger partial charge in [0.1, 0.15) is 0 Å². The standard InChI is InChI=1S/C28H37N3O6S/c1-6-7-16-31-24(26(20(4)29-31)27(32)36-5)17-21-12-14-22(15-13-21)23-10-8-9-11-25(23)38(34,35)30-28(33)37-18-19(2)3/h8-15,19-20,29H,6-7,16-18H2,1-5H3,(H,30,33). The van der Waals surface area contributed by atoms with Gasteiger partial charge in [0, 0.05) is 24.2 Å². The average Bonchev–Trinajstić information content (AvgIpc) is 3.20. The largest absolute Gasteiger partial charge is 0.466 e. The summed E-state index contributed by atoms with van der Waals surface area (Å²) in [6.45, 7) is 8.66. The first kappa shape index (κ1) is 29.2. The molecule has 1 aliphatic rings. The minimum Gasteiger partial charge on any atom is -0.466 e. The zero-order valence-corrected chi connectivity index (χ0v) is 23.4. The van der Waals surface area contributed by atoms with Crippen LogP contribution in [-0.2, 0) is 30.7 Å². The zero-order chi connectivity index (χ0) is 27.9. The Labute approximate surface area is 225 Å². The average molecular weight is 544 g/mol. The molecule has 1 unspecified atom stereocenters. The Balaban J connectivity index is 1.86. The number of allylic oxidation sites excluding steroid dienone is 1. The fourth-order valence-electron chi connectivity index (χ4n) is 4.25. The maximum atomic E-state index is 13.0. The minimum absolute atomic E-state index is 0.0236. The molecule has 0 spiro atoms. The van der Waals surface area contributed by atoms with Crippen molar-refractivity contribution in [2.24, 2.45) is 5.92 Å². The number of unbranched alkanes of at least 4 members (excludes halogenated alkanes) is 1. The lowest BCUT2D eigenvalue weighted by Crippen LogP contribution is -2.37. The van der Waals surface area contributed by atoms with E-state index in [-0.39, 0.29) is 29.4 Å². The van der Waals surface area contributed by atoms with Crippen LogP contribution in [0.25, 0.3) is 11.1 Å². The molecule has 0 aliphatic carbocycles. The smallest absolute Gasteiger partial charge is 0.421 e. The fourth-order valence-corrected chi connectivity index (χ4v) is 5.38. The van der Waals surface area contributed by atoms with Crippen LogP contribution in [0.2, 0.25) is 0 Å². The highest BCUT2D eigenvalue weighted by Crippen LogP contribution is 2.30. The number of sulfonamides is 1. The highest BCUT2D eigenvalue weighted by molar-refractivity contribution is 7.90. The van der Waals surface area contributed by atoms with Crippen LogP contribution in [0, 0.1) is 5.92 Å². The molecular formula is C28H37N3O6S. The minimum atomic E-state index is -4.16. The fraction of sp³-hybridized carbons (Fsp3) is 0.429. The quantitative estimate of drug-likeness (QED) is 0.401. The van der Waals surface area contributed by atoms with Crippen LogP contribution in [0.4, 0.5) is 4.79 Å². The summed E-state index contributed by atoms with van der Waals surface area (Å²) >= 11 is 0. The number of carbonyl (C=O) groups is 2. The van der Waals surface area contributed by atoms with Gasteiger partial charge in [-0.15, -0.1) is 0 Å². The third kappa shape index (κ3) is 7.14. The molecule has 2 aromatic rings. The van der Waals surface area contributed by atoms with Gasteiger partial charge >= 0.3 is 12.1 Å². The molecule has 1 atom stereocenters. The number of hydrogen-bond acceptors (Lipinski definition) is 8. The monoisotopic (exact) mass is 543 g/mol. The normalized spacial score (nSPS) is 15.6. The third-order valence-corrected chi connectivity index (χ3v) is 7.51. The highest BCUT2D eigenvalue weighted by atomic mass is 32.2. The summed E-state index contributed by atoms with van der Waals surface area (Å²) in [6.07, 6.45) is 1.50. The van der Waals surface area contributed by atoms with Crippen LogP contribution in [0.15, 0.2) is 64.7 Å². The Morgan fingerprint density at radius 3 is 2.42 bits per heavy atom. The van der Waals surface area contributed by atoms with E-state index >= 15 is 0 Å². The van der Waals surface area contributed by atoms with E-state index in [1.165, 1.54) is 13.2 Å². The van der Waals surface area contributed by atoms with Crippen LogP contribution in [0.3, 0.4) is 0 Å². The first-order chi connectivity index (χ1) is 18.1. The number of methoxy groups -OCH3 is 1. The van der Waals surface area contributed by atoms with E-state index in [0.29, 0.717) is 23.1 Å². The van der Waals surface area contributed by atoms with Gasteiger partial charge in [0.15, 0.2) is 0 Å². The van der Waals surface area contributed by atoms with Gasteiger partial charge < -0.3 is 14.5 Å². The molecule has 0 radical (unpaired) electrons. The van der Waals surface area contributed by atoms with Crippen molar-refractivity contribution in [2.75, 3.05) is 20.3 Å². The van der Waals surface area contributed by atoms with Gasteiger partial charge in [0.25, 0.3) is 10.0 Å². The molecule has 0 aromatic heterocycles. The lowest BCUT2D eigenvalue weighted by molar-refractivity contribution is -0.136. The molecule has 2 aromatic carbocycles. The number of rotatable bonds is 11. The molecule has 0 saturated carbocycles. The van der Waals surface area contributed by atoms with Gasteiger partial charge in [0.05, 0.1) is 30.2 Å². The first-order valence-corrected chi connectivity index (χ1v) is 14.3. The number of nitrogens with one attached hydrogen (secondary N) is 2. The number of ether oxygens (including phenoxy) is 2. The second-order valence-electron chi connectivity index (χ2n) is 9.68. The van der Waals surface area contributed by atoms with Crippen LogP contribution in [-0.4, -0.2) is 51.8 Å². The molecule has 38 heavy (non-hydrogen) atoms. The van der Waals surface area contributed by atoms with Crippen molar-refractivity contribution < 1.29 is 27.5 Å².